The number of alkyl halides is 4. The van der Waals surface area contributed by atoms with Gasteiger partial charge in [0.05, 0.1) is 10.5 Å². The van der Waals surface area contributed by atoms with Crippen LogP contribution in [0.3, 0.4) is 0 Å². The number of hydrogen-bond donors (Lipinski definition) is 0. The van der Waals surface area contributed by atoms with Crippen LogP contribution < -0.4 is 0 Å². The van der Waals surface area contributed by atoms with Crippen molar-refractivity contribution in [2.75, 3.05) is 19.0 Å². The van der Waals surface area contributed by atoms with Gasteiger partial charge in [-0.3, -0.25) is 0 Å². The Morgan fingerprint density at radius 3 is 2.45 bits per heavy atom. The lowest BCUT2D eigenvalue weighted by Crippen LogP contribution is -2.32. The van der Waals surface area contributed by atoms with Crippen molar-refractivity contribution in [2.45, 2.75) is 24.4 Å². The van der Waals surface area contributed by atoms with Gasteiger partial charge >= 0.3 is 6.18 Å². The Morgan fingerprint density at radius 1 is 1.30 bits per heavy atom. The zero-order valence-electron chi connectivity index (χ0n) is 10.8. The molecule has 1 aromatic carbocycles. The molecule has 20 heavy (non-hydrogen) atoms. The molecule has 0 aliphatic rings. The molecular weight excluding hydrogens is 315 g/mol. The molecule has 114 valence electrons. The molecule has 0 fully saturated rings. The second-order valence-electron chi connectivity index (χ2n) is 4.06. The van der Waals surface area contributed by atoms with E-state index in [-0.39, 0.29) is 23.9 Å². The van der Waals surface area contributed by atoms with Crippen LogP contribution in [0.4, 0.5) is 13.2 Å². The van der Waals surface area contributed by atoms with Crippen LogP contribution in [-0.2, 0) is 16.2 Å². The molecule has 0 spiro atoms. The van der Waals surface area contributed by atoms with Gasteiger partial charge in [0.25, 0.3) is 0 Å². The smallest absolute Gasteiger partial charge is 0.207 e. The van der Waals surface area contributed by atoms with E-state index in [0.717, 1.165) is 22.5 Å². The number of halogens is 4. The highest BCUT2D eigenvalue weighted by Gasteiger charge is 2.32. The molecular formula is C12H15ClF3NO2S. The van der Waals surface area contributed by atoms with Gasteiger partial charge in [0.1, 0.15) is 0 Å². The number of benzene rings is 1. The third kappa shape index (κ3) is 4.10. The summed E-state index contributed by atoms with van der Waals surface area (Å²) < 4.78 is 63.5. The molecule has 8 heteroatoms. The molecule has 1 rings (SSSR count). The standard InChI is InChI=1S/C12H15ClF3NO2S/c1-2-17(8-4-7-13)20(18,19)11-6-3-5-10(9-11)12(14,15)16/h3,5-6,9H,2,4,7-8H2,1H3. The molecule has 0 atom stereocenters. The first-order valence-corrected chi connectivity index (χ1v) is 7.94. The maximum Gasteiger partial charge on any atom is 0.416 e. The summed E-state index contributed by atoms with van der Waals surface area (Å²) in [6.07, 6.45) is -4.13. The normalized spacial score (nSPS) is 12.9. The number of rotatable bonds is 6. The Morgan fingerprint density at radius 2 is 1.95 bits per heavy atom. The highest BCUT2D eigenvalue weighted by atomic mass is 35.5. The second kappa shape index (κ2) is 6.78. The summed E-state index contributed by atoms with van der Waals surface area (Å²) >= 11 is 5.51. The van der Waals surface area contributed by atoms with Gasteiger partial charge in [0.15, 0.2) is 0 Å². The Kier molecular flexibility index (Phi) is 5.85. The van der Waals surface area contributed by atoms with Crippen LogP contribution in [0.5, 0.6) is 0 Å². The van der Waals surface area contributed by atoms with E-state index in [1.165, 1.54) is 0 Å². The first kappa shape index (κ1) is 17.3. The van der Waals surface area contributed by atoms with Crippen LogP contribution in [0.2, 0.25) is 0 Å². The summed E-state index contributed by atoms with van der Waals surface area (Å²) in [4.78, 5) is -0.358. The predicted molar refractivity (Wildman–Crippen MR) is 71.2 cm³/mol. The Hall–Kier alpha value is -0.790. The monoisotopic (exact) mass is 329 g/mol. The molecule has 0 heterocycles. The largest absolute Gasteiger partial charge is 0.416 e. The van der Waals surface area contributed by atoms with Crippen molar-refractivity contribution in [3.8, 4) is 0 Å². The van der Waals surface area contributed by atoms with Crippen molar-refractivity contribution in [3.63, 3.8) is 0 Å². The van der Waals surface area contributed by atoms with E-state index in [1.807, 2.05) is 0 Å². The van der Waals surface area contributed by atoms with E-state index in [4.69, 9.17) is 11.6 Å². The topological polar surface area (TPSA) is 37.4 Å². The maximum atomic E-state index is 12.6. The van der Waals surface area contributed by atoms with Gasteiger partial charge in [-0.05, 0) is 24.6 Å². The molecule has 0 radical (unpaired) electrons. The quantitative estimate of drug-likeness (QED) is 0.751. The molecule has 0 amide bonds. The SMILES string of the molecule is CCN(CCCCl)S(=O)(=O)c1cccc(C(F)(F)F)c1. The summed E-state index contributed by atoms with van der Waals surface area (Å²) in [5, 5.41) is 0. The minimum atomic E-state index is -4.57. The van der Waals surface area contributed by atoms with Crippen LogP contribution in [0.15, 0.2) is 29.2 Å². The average molecular weight is 330 g/mol. The fourth-order valence-corrected chi connectivity index (χ4v) is 3.32. The van der Waals surface area contributed by atoms with Crippen LogP contribution in [0, 0.1) is 0 Å². The first-order valence-electron chi connectivity index (χ1n) is 5.97. The van der Waals surface area contributed by atoms with Crippen molar-refractivity contribution in [3.05, 3.63) is 29.8 Å². The maximum absolute atomic E-state index is 12.6. The predicted octanol–water partition coefficient (Wildman–Crippen LogP) is 3.34. The van der Waals surface area contributed by atoms with Crippen molar-refractivity contribution < 1.29 is 21.6 Å². The highest BCUT2D eigenvalue weighted by Crippen LogP contribution is 2.31. The van der Waals surface area contributed by atoms with E-state index in [1.54, 1.807) is 6.92 Å². The first-order chi connectivity index (χ1) is 9.23. The zero-order chi connectivity index (χ0) is 15.4. The summed E-state index contributed by atoms with van der Waals surface area (Å²) in [7, 11) is -3.93. The van der Waals surface area contributed by atoms with Gasteiger partial charge in [-0.2, -0.15) is 17.5 Å². The van der Waals surface area contributed by atoms with Crippen molar-refractivity contribution in [2.24, 2.45) is 0 Å². The van der Waals surface area contributed by atoms with Crippen molar-refractivity contribution >= 4 is 21.6 Å². The fourth-order valence-electron chi connectivity index (χ4n) is 1.67. The molecule has 0 aliphatic heterocycles. The van der Waals surface area contributed by atoms with Crippen LogP contribution in [0.25, 0.3) is 0 Å². The van der Waals surface area contributed by atoms with Crippen LogP contribution in [-0.4, -0.2) is 31.7 Å². The summed E-state index contributed by atoms with van der Waals surface area (Å²) in [5.41, 5.74) is -0.980. The second-order valence-corrected chi connectivity index (χ2v) is 6.38. The highest BCUT2D eigenvalue weighted by molar-refractivity contribution is 7.89. The molecule has 3 nitrogen and oxygen atoms in total. The molecule has 0 aromatic heterocycles. The molecule has 0 N–H and O–H groups in total. The molecule has 1 aromatic rings. The van der Waals surface area contributed by atoms with Crippen molar-refractivity contribution in [1.82, 2.24) is 4.31 Å². The van der Waals surface area contributed by atoms with Gasteiger partial charge in [-0.25, -0.2) is 8.42 Å². The minimum absolute atomic E-state index is 0.176. The van der Waals surface area contributed by atoms with E-state index in [9.17, 15) is 21.6 Å². The van der Waals surface area contributed by atoms with Gasteiger partial charge in [0.2, 0.25) is 10.0 Å². The third-order valence-electron chi connectivity index (χ3n) is 2.69. The summed E-state index contributed by atoms with van der Waals surface area (Å²) in [5.74, 6) is 0.286. The van der Waals surface area contributed by atoms with Gasteiger partial charge in [0, 0.05) is 19.0 Å². The van der Waals surface area contributed by atoms with Gasteiger partial charge in [-0.1, -0.05) is 13.0 Å². The number of hydrogen-bond acceptors (Lipinski definition) is 2. The lowest BCUT2D eigenvalue weighted by atomic mass is 10.2. The van der Waals surface area contributed by atoms with Crippen LogP contribution >= 0.6 is 11.6 Å². The Labute approximate surface area is 121 Å². The Bertz CT molecular complexity index is 546. The summed E-state index contributed by atoms with van der Waals surface area (Å²) in [6, 6.07) is 3.74. The van der Waals surface area contributed by atoms with Crippen LogP contribution in [0.1, 0.15) is 18.9 Å². The average Bonchev–Trinajstić information content (AvgIpc) is 2.38. The van der Waals surface area contributed by atoms with E-state index in [2.05, 4.69) is 0 Å². The number of nitrogens with zero attached hydrogens (tertiary/aromatic N) is 1. The molecule has 0 saturated heterocycles. The molecule has 0 aliphatic carbocycles. The Balaban J connectivity index is 3.14. The van der Waals surface area contributed by atoms with E-state index >= 15 is 0 Å². The van der Waals surface area contributed by atoms with E-state index < -0.39 is 21.8 Å². The number of sulfonamides is 1. The molecule has 0 bridgehead atoms. The third-order valence-corrected chi connectivity index (χ3v) is 4.93. The fraction of sp³-hybridized carbons (Fsp3) is 0.500. The minimum Gasteiger partial charge on any atom is -0.207 e. The van der Waals surface area contributed by atoms with Gasteiger partial charge < -0.3 is 0 Å². The lowest BCUT2D eigenvalue weighted by molar-refractivity contribution is -0.137. The molecule has 0 unspecified atom stereocenters. The molecule has 0 saturated carbocycles. The summed E-state index contributed by atoms with van der Waals surface area (Å²) in [6.45, 7) is 1.98. The lowest BCUT2D eigenvalue weighted by Gasteiger charge is -2.20. The van der Waals surface area contributed by atoms with Gasteiger partial charge in [-0.15, -0.1) is 11.6 Å². The van der Waals surface area contributed by atoms with E-state index in [0.29, 0.717) is 12.5 Å². The zero-order valence-corrected chi connectivity index (χ0v) is 12.4. The van der Waals surface area contributed by atoms with Crippen molar-refractivity contribution in [1.29, 1.82) is 0 Å².